The third-order valence-corrected chi connectivity index (χ3v) is 5.50. The Bertz CT molecular complexity index is 1070. The summed E-state index contributed by atoms with van der Waals surface area (Å²) >= 11 is 0. The van der Waals surface area contributed by atoms with Gasteiger partial charge in [0.05, 0.1) is 11.1 Å². The van der Waals surface area contributed by atoms with E-state index in [0.29, 0.717) is 5.56 Å². The van der Waals surface area contributed by atoms with Gasteiger partial charge in [-0.25, -0.2) is 4.68 Å². The van der Waals surface area contributed by atoms with Crippen molar-refractivity contribution < 1.29 is 0 Å². The van der Waals surface area contributed by atoms with Gasteiger partial charge in [0.15, 0.2) is 5.82 Å². The van der Waals surface area contributed by atoms with Crippen molar-refractivity contribution in [3.8, 4) is 0 Å². The van der Waals surface area contributed by atoms with E-state index in [-0.39, 0.29) is 17.1 Å². The highest BCUT2D eigenvalue weighted by atomic mass is 16.1. The van der Waals surface area contributed by atoms with Crippen molar-refractivity contribution >= 4 is 10.9 Å². The molecule has 3 aromatic rings. The number of rotatable bonds is 3. The lowest BCUT2D eigenvalue weighted by molar-refractivity contribution is 0.241. The standard InChI is InChI=1S/C21H28N6O/c1-13-10-14(2)17-15(11-13)12-16(20(28)22-17)18(26-8-6-7-9-26)19-23-24-25-27(19)21(3,4)5/h10-12,18H,6-9H2,1-5H3,(H,22,28)/t18-/m0/s1. The largest absolute Gasteiger partial charge is 0.321 e. The summed E-state index contributed by atoms with van der Waals surface area (Å²) in [5, 5.41) is 13.6. The number of tetrazole rings is 1. The Kier molecular flexibility index (Phi) is 4.57. The van der Waals surface area contributed by atoms with Crippen LogP contribution in [0.5, 0.6) is 0 Å². The van der Waals surface area contributed by atoms with E-state index in [1.54, 1.807) is 0 Å². The van der Waals surface area contributed by atoms with Gasteiger partial charge < -0.3 is 4.98 Å². The number of hydrogen-bond acceptors (Lipinski definition) is 5. The molecule has 3 heterocycles. The van der Waals surface area contributed by atoms with Crippen molar-refractivity contribution in [1.29, 1.82) is 0 Å². The molecule has 7 nitrogen and oxygen atoms in total. The van der Waals surface area contributed by atoms with Gasteiger partial charge in [-0.15, -0.1) is 5.10 Å². The Morgan fingerprint density at radius 2 is 1.82 bits per heavy atom. The smallest absolute Gasteiger partial charge is 0.253 e. The van der Waals surface area contributed by atoms with Gasteiger partial charge in [0.25, 0.3) is 5.56 Å². The minimum Gasteiger partial charge on any atom is -0.321 e. The zero-order chi connectivity index (χ0) is 20.1. The Labute approximate surface area is 164 Å². The molecule has 0 aliphatic carbocycles. The van der Waals surface area contributed by atoms with Crippen LogP contribution in [0.4, 0.5) is 0 Å². The average Bonchev–Trinajstić information content (AvgIpc) is 3.28. The van der Waals surface area contributed by atoms with Crippen LogP contribution in [0.1, 0.15) is 62.2 Å². The van der Waals surface area contributed by atoms with Crippen LogP contribution in [0.15, 0.2) is 23.0 Å². The molecule has 0 bridgehead atoms. The molecule has 4 rings (SSSR count). The summed E-state index contributed by atoms with van der Waals surface area (Å²) < 4.78 is 1.85. The molecule has 2 aromatic heterocycles. The zero-order valence-corrected chi connectivity index (χ0v) is 17.3. The van der Waals surface area contributed by atoms with Crippen molar-refractivity contribution in [3.63, 3.8) is 0 Å². The molecule has 1 saturated heterocycles. The molecule has 0 amide bonds. The maximum Gasteiger partial charge on any atom is 0.253 e. The summed E-state index contributed by atoms with van der Waals surface area (Å²) in [6, 6.07) is 5.98. The van der Waals surface area contributed by atoms with E-state index in [4.69, 9.17) is 0 Å². The predicted octanol–water partition coefficient (Wildman–Crippen LogP) is 3.07. The first-order chi connectivity index (χ1) is 13.3. The summed E-state index contributed by atoms with van der Waals surface area (Å²) in [5.41, 5.74) is 3.53. The fraction of sp³-hybridized carbons (Fsp3) is 0.524. The van der Waals surface area contributed by atoms with Crippen molar-refractivity contribution in [2.75, 3.05) is 13.1 Å². The van der Waals surface area contributed by atoms with E-state index in [1.807, 2.05) is 17.7 Å². The third-order valence-electron chi connectivity index (χ3n) is 5.50. The van der Waals surface area contributed by atoms with E-state index in [9.17, 15) is 4.79 Å². The summed E-state index contributed by atoms with van der Waals surface area (Å²) in [6.07, 6.45) is 2.24. The van der Waals surface area contributed by atoms with Crippen LogP contribution in [-0.4, -0.2) is 43.2 Å². The number of aromatic amines is 1. The molecule has 0 saturated carbocycles. The minimum atomic E-state index is -0.270. The lowest BCUT2D eigenvalue weighted by atomic mass is 10.00. The van der Waals surface area contributed by atoms with Crippen LogP contribution in [0.3, 0.4) is 0 Å². The number of fused-ring (bicyclic) bond motifs is 1. The Balaban J connectivity index is 1.95. The number of nitrogens with one attached hydrogen (secondary N) is 1. The molecule has 148 valence electrons. The second kappa shape index (κ2) is 6.81. The molecular formula is C21H28N6O. The van der Waals surface area contributed by atoms with Crippen LogP contribution in [-0.2, 0) is 5.54 Å². The van der Waals surface area contributed by atoms with Crippen molar-refractivity contribution in [1.82, 2.24) is 30.1 Å². The fourth-order valence-corrected chi connectivity index (χ4v) is 4.25. The van der Waals surface area contributed by atoms with Gasteiger partial charge in [0.2, 0.25) is 0 Å². The monoisotopic (exact) mass is 380 g/mol. The van der Waals surface area contributed by atoms with Gasteiger partial charge in [-0.1, -0.05) is 11.6 Å². The summed E-state index contributed by atoms with van der Waals surface area (Å²) in [6.45, 7) is 12.2. The quantitative estimate of drug-likeness (QED) is 0.755. The maximum absolute atomic E-state index is 13.2. The van der Waals surface area contributed by atoms with Crippen LogP contribution < -0.4 is 5.56 Å². The molecule has 0 unspecified atom stereocenters. The SMILES string of the molecule is Cc1cc(C)c2[nH]c(=O)c([C@@H](c3nnnn3C(C)(C)C)N3CCCC3)cc2c1. The van der Waals surface area contributed by atoms with E-state index in [1.165, 1.54) is 5.56 Å². The van der Waals surface area contributed by atoms with E-state index >= 15 is 0 Å². The molecular weight excluding hydrogens is 352 g/mol. The average molecular weight is 380 g/mol. The van der Waals surface area contributed by atoms with Gasteiger partial charge in [0, 0.05) is 5.56 Å². The second-order valence-corrected chi connectivity index (χ2v) is 8.87. The molecule has 1 aromatic carbocycles. The van der Waals surface area contributed by atoms with E-state index < -0.39 is 0 Å². The molecule has 28 heavy (non-hydrogen) atoms. The number of nitrogens with zero attached hydrogens (tertiary/aromatic N) is 5. The molecule has 7 heteroatoms. The molecule has 0 radical (unpaired) electrons. The van der Waals surface area contributed by atoms with Gasteiger partial charge >= 0.3 is 0 Å². The van der Waals surface area contributed by atoms with Gasteiger partial charge in [-0.05, 0) is 94.1 Å². The van der Waals surface area contributed by atoms with Crippen LogP contribution >= 0.6 is 0 Å². The van der Waals surface area contributed by atoms with E-state index in [0.717, 1.165) is 48.2 Å². The number of likely N-dealkylation sites (tertiary alicyclic amines) is 1. The van der Waals surface area contributed by atoms with Crippen LogP contribution in [0.25, 0.3) is 10.9 Å². The molecule has 1 aliphatic heterocycles. The molecule has 1 N–H and O–H groups in total. The number of aryl methyl sites for hydroxylation is 2. The first kappa shape index (κ1) is 18.8. The highest BCUT2D eigenvalue weighted by Gasteiger charge is 2.34. The normalized spacial score (nSPS) is 16.8. The number of pyridine rings is 1. The number of aromatic nitrogens is 5. The Morgan fingerprint density at radius 3 is 2.50 bits per heavy atom. The molecule has 1 fully saturated rings. The summed E-state index contributed by atoms with van der Waals surface area (Å²) in [7, 11) is 0. The van der Waals surface area contributed by atoms with Crippen molar-refractivity contribution in [2.24, 2.45) is 0 Å². The van der Waals surface area contributed by atoms with Crippen molar-refractivity contribution in [2.45, 2.75) is 59.0 Å². The van der Waals surface area contributed by atoms with Crippen LogP contribution in [0, 0.1) is 13.8 Å². The first-order valence-corrected chi connectivity index (χ1v) is 9.93. The lowest BCUT2D eigenvalue weighted by Gasteiger charge is -2.29. The Hall–Kier alpha value is -2.54. The lowest BCUT2D eigenvalue weighted by Crippen LogP contribution is -2.36. The highest BCUT2D eigenvalue weighted by Crippen LogP contribution is 2.32. The summed E-state index contributed by atoms with van der Waals surface area (Å²) in [5.74, 6) is 0.726. The summed E-state index contributed by atoms with van der Waals surface area (Å²) in [4.78, 5) is 18.6. The Morgan fingerprint density at radius 1 is 1.11 bits per heavy atom. The highest BCUT2D eigenvalue weighted by molar-refractivity contribution is 5.83. The predicted molar refractivity (Wildman–Crippen MR) is 110 cm³/mol. The number of benzene rings is 1. The molecule has 1 aliphatic rings. The number of hydrogen-bond donors (Lipinski definition) is 1. The van der Waals surface area contributed by atoms with E-state index in [2.05, 4.69) is 65.2 Å². The second-order valence-electron chi connectivity index (χ2n) is 8.87. The first-order valence-electron chi connectivity index (χ1n) is 9.93. The van der Waals surface area contributed by atoms with Crippen LogP contribution in [0.2, 0.25) is 0 Å². The molecule has 0 spiro atoms. The van der Waals surface area contributed by atoms with Gasteiger partial charge in [-0.2, -0.15) is 0 Å². The maximum atomic E-state index is 13.2. The molecule has 1 atom stereocenters. The zero-order valence-electron chi connectivity index (χ0n) is 17.3. The topological polar surface area (TPSA) is 79.7 Å². The third kappa shape index (κ3) is 3.24. The van der Waals surface area contributed by atoms with Gasteiger partial charge in [0.1, 0.15) is 6.04 Å². The van der Waals surface area contributed by atoms with Crippen molar-refractivity contribution in [3.05, 3.63) is 51.1 Å². The van der Waals surface area contributed by atoms with Gasteiger partial charge in [-0.3, -0.25) is 9.69 Å². The fourth-order valence-electron chi connectivity index (χ4n) is 4.25. The number of H-pyrrole nitrogens is 1. The minimum absolute atomic E-state index is 0.0696.